The van der Waals surface area contributed by atoms with Gasteiger partial charge in [-0.15, -0.1) is 0 Å². The molecule has 5 heteroatoms. The molecule has 0 atom stereocenters. The maximum Gasteiger partial charge on any atom is 0.160 e. The normalized spacial score (nSPS) is 10.5. The van der Waals surface area contributed by atoms with E-state index in [0.29, 0.717) is 26.2 Å². The van der Waals surface area contributed by atoms with Crippen LogP contribution in [0.1, 0.15) is 25.8 Å². The number of halogens is 1. The lowest BCUT2D eigenvalue weighted by Gasteiger charge is -2.17. The Morgan fingerprint density at radius 2 is 1.95 bits per heavy atom. The van der Waals surface area contributed by atoms with Crippen LogP contribution in [0, 0.1) is 17.1 Å². The van der Waals surface area contributed by atoms with E-state index in [1.54, 1.807) is 12.1 Å². The highest BCUT2D eigenvalue weighted by Crippen LogP contribution is 2.20. The van der Waals surface area contributed by atoms with E-state index in [2.05, 4.69) is 0 Å². The third-order valence-electron chi connectivity index (χ3n) is 2.40. The average Bonchev–Trinajstić information content (AvgIpc) is 2.39. The summed E-state index contributed by atoms with van der Waals surface area (Å²) in [5, 5.41) is 8.86. The van der Waals surface area contributed by atoms with Gasteiger partial charge in [-0.2, -0.15) is 5.26 Å². The van der Waals surface area contributed by atoms with Crippen LogP contribution in [0.15, 0.2) is 18.2 Å². The highest BCUT2D eigenvalue weighted by molar-refractivity contribution is 5.43. The molecule has 0 fully saturated rings. The van der Waals surface area contributed by atoms with Crippen molar-refractivity contribution in [2.45, 2.75) is 26.6 Å². The van der Waals surface area contributed by atoms with Crippen LogP contribution < -0.4 is 4.74 Å². The quantitative estimate of drug-likeness (QED) is 0.680. The van der Waals surface area contributed by atoms with Crippen molar-refractivity contribution in [3.05, 3.63) is 29.6 Å². The van der Waals surface area contributed by atoms with Crippen LogP contribution in [0.3, 0.4) is 0 Å². The van der Waals surface area contributed by atoms with Gasteiger partial charge in [0.25, 0.3) is 0 Å². The first-order valence-corrected chi connectivity index (χ1v) is 6.27. The Bertz CT molecular complexity index is 425. The third-order valence-corrected chi connectivity index (χ3v) is 2.40. The number of nitriles is 1. The highest BCUT2D eigenvalue weighted by atomic mass is 19.1. The van der Waals surface area contributed by atoms with Crippen LogP contribution in [0.2, 0.25) is 0 Å². The van der Waals surface area contributed by atoms with E-state index in [9.17, 15) is 4.39 Å². The predicted molar refractivity (Wildman–Crippen MR) is 68.3 cm³/mol. The van der Waals surface area contributed by atoms with Gasteiger partial charge in [0.1, 0.15) is 23.2 Å². The minimum Gasteiger partial charge on any atom is -0.492 e. The largest absolute Gasteiger partial charge is 0.492 e. The van der Waals surface area contributed by atoms with Gasteiger partial charge in [-0.3, -0.25) is 0 Å². The van der Waals surface area contributed by atoms with E-state index in [0.717, 1.165) is 0 Å². The molecule has 0 aromatic heterocycles. The Balaban J connectivity index is 2.53. The summed E-state index contributed by atoms with van der Waals surface area (Å²) in [6.45, 7) is 5.16. The van der Waals surface area contributed by atoms with Gasteiger partial charge < -0.3 is 14.2 Å². The average molecular weight is 267 g/mol. The van der Waals surface area contributed by atoms with Crippen molar-refractivity contribution >= 4 is 0 Å². The molecule has 0 aliphatic heterocycles. The molecule has 1 aromatic carbocycles. The van der Waals surface area contributed by atoms with Gasteiger partial charge in [0.2, 0.25) is 0 Å². The number of benzene rings is 1. The molecule has 0 aliphatic carbocycles. The van der Waals surface area contributed by atoms with E-state index in [1.807, 2.05) is 13.8 Å². The molecule has 0 radical (unpaired) electrons. The van der Waals surface area contributed by atoms with E-state index in [-0.39, 0.29) is 17.6 Å². The number of ether oxygens (including phenoxy) is 3. The fourth-order valence-corrected chi connectivity index (χ4v) is 1.58. The van der Waals surface area contributed by atoms with Gasteiger partial charge in [0.05, 0.1) is 6.61 Å². The van der Waals surface area contributed by atoms with Crippen LogP contribution in [0.4, 0.5) is 4.39 Å². The Labute approximate surface area is 112 Å². The zero-order chi connectivity index (χ0) is 14.1. The molecule has 4 nitrogen and oxygen atoms in total. The molecule has 1 aromatic rings. The highest BCUT2D eigenvalue weighted by Gasteiger charge is 2.11. The van der Waals surface area contributed by atoms with Crippen molar-refractivity contribution in [3.63, 3.8) is 0 Å². The molecular formula is C14H18FNO3. The monoisotopic (exact) mass is 267 g/mol. The fourth-order valence-electron chi connectivity index (χ4n) is 1.58. The molecule has 0 N–H and O–H groups in total. The van der Waals surface area contributed by atoms with Crippen molar-refractivity contribution < 1.29 is 18.6 Å². The first kappa shape index (κ1) is 15.4. The lowest BCUT2D eigenvalue weighted by molar-refractivity contribution is -0.142. The minimum atomic E-state index is -0.578. The third kappa shape index (κ3) is 4.86. The molecule has 0 unspecified atom stereocenters. The topological polar surface area (TPSA) is 51.5 Å². The maximum atomic E-state index is 13.3. The van der Waals surface area contributed by atoms with Gasteiger partial charge >= 0.3 is 0 Å². The smallest absolute Gasteiger partial charge is 0.160 e. The van der Waals surface area contributed by atoms with Crippen molar-refractivity contribution in [2.75, 3.05) is 19.8 Å². The van der Waals surface area contributed by atoms with Gasteiger partial charge in [-0.1, -0.05) is 6.07 Å². The maximum absolute atomic E-state index is 13.3. The molecule has 0 heterocycles. The van der Waals surface area contributed by atoms with Crippen LogP contribution >= 0.6 is 0 Å². The van der Waals surface area contributed by atoms with E-state index in [1.165, 1.54) is 12.1 Å². The second-order valence-electron chi connectivity index (χ2n) is 3.70. The van der Waals surface area contributed by atoms with Gasteiger partial charge in [-0.05, 0) is 26.0 Å². The van der Waals surface area contributed by atoms with Gasteiger partial charge in [0.15, 0.2) is 6.29 Å². The minimum absolute atomic E-state index is 0.0770. The summed E-state index contributed by atoms with van der Waals surface area (Å²) in [6, 6.07) is 6.10. The Morgan fingerprint density at radius 1 is 1.26 bits per heavy atom. The van der Waals surface area contributed by atoms with Crippen molar-refractivity contribution in [2.24, 2.45) is 0 Å². The SMILES string of the molecule is CCOC(CCOc1cccc(F)c1C#N)OCC. The first-order valence-electron chi connectivity index (χ1n) is 6.27. The molecule has 0 bridgehead atoms. The Kier molecular flexibility index (Phi) is 6.86. The number of rotatable bonds is 8. The van der Waals surface area contributed by atoms with E-state index < -0.39 is 5.82 Å². The summed E-state index contributed by atoms with van der Waals surface area (Å²) in [5.41, 5.74) is -0.0770. The molecule has 104 valence electrons. The van der Waals surface area contributed by atoms with Crippen molar-refractivity contribution in [1.29, 1.82) is 5.26 Å². The van der Waals surface area contributed by atoms with Crippen LogP contribution in [0.5, 0.6) is 5.75 Å². The first-order chi connectivity index (χ1) is 9.22. The Hall–Kier alpha value is -1.64. The molecule has 0 amide bonds. The zero-order valence-corrected chi connectivity index (χ0v) is 11.2. The molecule has 1 rings (SSSR count). The molecule has 19 heavy (non-hydrogen) atoms. The summed E-state index contributed by atoms with van der Waals surface area (Å²) >= 11 is 0. The summed E-state index contributed by atoms with van der Waals surface area (Å²) < 4.78 is 29.5. The van der Waals surface area contributed by atoms with Crippen molar-refractivity contribution in [3.8, 4) is 11.8 Å². The van der Waals surface area contributed by atoms with Gasteiger partial charge in [-0.25, -0.2) is 4.39 Å². The molecule has 0 saturated carbocycles. The number of nitrogens with zero attached hydrogens (tertiary/aromatic N) is 1. The van der Waals surface area contributed by atoms with Crippen LogP contribution in [-0.4, -0.2) is 26.1 Å². The van der Waals surface area contributed by atoms with Crippen LogP contribution in [0.25, 0.3) is 0 Å². The summed E-state index contributed by atoms with van der Waals surface area (Å²) in [6.07, 6.45) is 0.178. The van der Waals surface area contributed by atoms with Crippen molar-refractivity contribution in [1.82, 2.24) is 0 Å². The van der Waals surface area contributed by atoms with E-state index in [4.69, 9.17) is 19.5 Å². The molecule has 0 aliphatic rings. The summed E-state index contributed by atoms with van der Waals surface area (Å²) in [7, 11) is 0. The lowest BCUT2D eigenvalue weighted by Crippen LogP contribution is -2.20. The molecule has 0 saturated heterocycles. The second-order valence-corrected chi connectivity index (χ2v) is 3.70. The van der Waals surface area contributed by atoms with Crippen LogP contribution in [-0.2, 0) is 9.47 Å². The summed E-state index contributed by atoms with van der Waals surface area (Å²) in [5.74, 6) is -0.333. The predicted octanol–water partition coefficient (Wildman–Crippen LogP) is 2.87. The zero-order valence-electron chi connectivity index (χ0n) is 11.2. The fraction of sp³-hybridized carbons (Fsp3) is 0.500. The lowest BCUT2D eigenvalue weighted by atomic mass is 10.2. The van der Waals surface area contributed by atoms with E-state index >= 15 is 0 Å². The Morgan fingerprint density at radius 3 is 2.53 bits per heavy atom. The second kappa shape index (κ2) is 8.46. The molecular weight excluding hydrogens is 249 g/mol. The standard InChI is InChI=1S/C14H18FNO3/c1-3-17-14(18-4-2)8-9-19-13-7-5-6-12(15)11(13)10-16/h5-7,14H,3-4,8-9H2,1-2H3. The number of hydrogen-bond donors (Lipinski definition) is 0. The number of hydrogen-bond acceptors (Lipinski definition) is 4. The summed E-state index contributed by atoms with van der Waals surface area (Å²) in [4.78, 5) is 0. The van der Waals surface area contributed by atoms with Gasteiger partial charge in [0, 0.05) is 19.6 Å². The molecule has 0 spiro atoms.